The number of rotatable bonds is 7. The number of unbranched alkanes of at least 4 members (excludes halogenated alkanes) is 2. The molecule has 0 saturated carbocycles. The fourth-order valence-corrected chi connectivity index (χ4v) is 2.89. The molecule has 4 rings (SSSR count). The average Bonchev–Trinajstić information content (AvgIpc) is 3.56. The Kier molecular flexibility index (Phi) is 10.7. The average molecular weight is 413 g/mol. The summed E-state index contributed by atoms with van der Waals surface area (Å²) in [5.74, 6) is -0.120. The molecular weight excluding hydrogens is 380 g/mol. The summed E-state index contributed by atoms with van der Waals surface area (Å²) in [7, 11) is 0. The van der Waals surface area contributed by atoms with E-state index in [9.17, 15) is 4.79 Å². The number of carbonyl (C=O) groups excluding carboxylic acids is 1. The van der Waals surface area contributed by atoms with Gasteiger partial charge in [-0.05, 0) is 24.8 Å². The van der Waals surface area contributed by atoms with Crippen LogP contribution in [0.3, 0.4) is 0 Å². The SMILES string of the molecule is C=CCNC(=O)C1NC=CC2=NN=CC21.CCCCCN1CC=CN1.c1cn[nH]c1. The van der Waals surface area contributed by atoms with Crippen molar-refractivity contribution in [1.29, 1.82) is 0 Å². The molecule has 1 amide bonds. The Morgan fingerprint density at radius 1 is 1.40 bits per heavy atom. The molecule has 162 valence electrons. The standard InChI is InChI=1S/C10H12N4O.C8H16N2.C3H4N2/c1-2-4-12-10(15)9-7-6-13-14-8(7)3-5-11-9;1-2-3-4-7-10-8-5-6-9-10;1-2-4-5-3-1/h2-3,5-7,9,11H,1,4H2,(H,12,15);5-6,9H,2-4,7-8H2,1H3;1-3H,(H,4,5). The molecule has 2 atom stereocenters. The van der Waals surface area contributed by atoms with E-state index in [-0.39, 0.29) is 17.9 Å². The molecular formula is C21H32N8O. The van der Waals surface area contributed by atoms with Gasteiger partial charge in [-0.2, -0.15) is 15.3 Å². The zero-order valence-electron chi connectivity index (χ0n) is 17.5. The predicted octanol–water partition coefficient (Wildman–Crippen LogP) is 1.75. The lowest BCUT2D eigenvalue weighted by molar-refractivity contribution is -0.122. The highest BCUT2D eigenvalue weighted by Gasteiger charge is 2.33. The molecule has 9 heteroatoms. The van der Waals surface area contributed by atoms with Crippen molar-refractivity contribution in [2.75, 3.05) is 19.6 Å². The third-order valence-electron chi connectivity index (χ3n) is 4.47. The van der Waals surface area contributed by atoms with Gasteiger partial charge < -0.3 is 16.1 Å². The van der Waals surface area contributed by atoms with E-state index in [2.05, 4.69) is 61.0 Å². The Hall–Kier alpha value is -3.20. The quantitative estimate of drug-likeness (QED) is 0.403. The van der Waals surface area contributed by atoms with Crippen molar-refractivity contribution in [2.24, 2.45) is 16.1 Å². The van der Waals surface area contributed by atoms with Crippen LogP contribution in [0.25, 0.3) is 0 Å². The Morgan fingerprint density at radius 3 is 2.93 bits per heavy atom. The minimum absolute atomic E-state index is 0.0557. The number of nitrogens with zero attached hydrogens (tertiary/aromatic N) is 4. The molecule has 30 heavy (non-hydrogen) atoms. The topological polar surface area (TPSA) is 110 Å². The molecule has 0 aliphatic carbocycles. The van der Waals surface area contributed by atoms with Crippen LogP contribution in [0.4, 0.5) is 0 Å². The zero-order valence-corrected chi connectivity index (χ0v) is 17.5. The maximum absolute atomic E-state index is 11.7. The van der Waals surface area contributed by atoms with Crippen molar-refractivity contribution in [3.05, 3.63) is 55.7 Å². The number of aromatic amines is 1. The van der Waals surface area contributed by atoms with Crippen molar-refractivity contribution in [2.45, 2.75) is 32.2 Å². The smallest absolute Gasteiger partial charge is 0.243 e. The van der Waals surface area contributed by atoms with Crippen LogP contribution in [0.1, 0.15) is 26.2 Å². The van der Waals surface area contributed by atoms with Crippen LogP contribution in [0, 0.1) is 5.92 Å². The molecule has 4 N–H and O–H groups in total. The summed E-state index contributed by atoms with van der Waals surface area (Å²) in [5, 5.41) is 21.9. The number of carbonyl (C=O) groups is 1. The summed E-state index contributed by atoms with van der Waals surface area (Å²) in [6.07, 6.45) is 18.5. The van der Waals surface area contributed by atoms with E-state index >= 15 is 0 Å². The van der Waals surface area contributed by atoms with Crippen LogP contribution in [0.5, 0.6) is 0 Å². The van der Waals surface area contributed by atoms with E-state index in [1.165, 1.54) is 25.8 Å². The fourth-order valence-electron chi connectivity index (χ4n) is 2.89. The van der Waals surface area contributed by atoms with Gasteiger partial charge in [0, 0.05) is 44.4 Å². The number of hydrogen-bond acceptors (Lipinski definition) is 7. The number of amides is 1. The summed E-state index contributed by atoms with van der Waals surface area (Å²) < 4.78 is 0. The highest BCUT2D eigenvalue weighted by Crippen LogP contribution is 2.15. The Labute approximate surface area is 178 Å². The van der Waals surface area contributed by atoms with Gasteiger partial charge in [0.15, 0.2) is 0 Å². The predicted molar refractivity (Wildman–Crippen MR) is 121 cm³/mol. The zero-order chi connectivity index (χ0) is 21.4. The molecule has 0 bridgehead atoms. The molecule has 9 nitrogen and oxygen atoms in total. The molecule has 0 aromatic carbocycles. The van der Waals surface area contributed by atoms with E-state index < -0.39 is 0 Å². The summed E-state index contributed by atoms with van der Waals surface area (Å²) >= 11 is 0. The third kappa shape index (κ3) is 8.04. The Balaban J connectivity index is 0.000000183. The first-order valence-electron chi connectivity index (χ1n) is 10.3. The maximum atomic E-state index is 11.7. The highest BCUT2D eigenvalue weighted by molar-refractivity contribution is 6.12. The molecule has 0 radical (unpaired) electrons. The first-order valence-corrected chi connectivity index (χ1v) is 10.3. The first kappa shape index (κ1) is 23.1. The normalized spacial score (nSPS) is 20.5. The van der Waals surface area contributed by atoms with Crippen LogP contribution in [-0.2, 0) is 4.79 Å². The second-order valence-electron chi connectivity index (χ2n) is 6.78. The van der Waals surface area contributed by atoms with Crippen molar-refractivity contribution in [3.8, 4) is 0 Å². The number of hydrazine groups is 1. The van der Waals surface area contributed by atoms with Gasteiger partial charge in [0.25, 0.3) is 0 Å². The minimum Gasteiger partial charge on any atom is -0.379 e. The summed E-state index contributed by atoms with van der Waals surface area (Å²) in [6.45, 7) is 8.50. The van der Waals surface area contributed by atoms with Gasteiger partial charge in [-0.25, -0.2) is 5.01 Å². The van der Waals surface area contributed by atoms with Crippen LogP contribution in [-0.4, -0.2) is 58.7 Å². The summed E-state index contributed by atoms with van der Waals surface area (Å²) in [5.41, 5.74) is 3.99. The number of aromatic nitrogens is 2. The molecule has 3 aliphatic heterocycles. The first-order chi connectivity index (χ1) is 14.8. The molecule has 0 saturated heterocycles. The minimum atomic E-state index is -0.319. The van der Waals surface area contributed by atoms with E-state index in [1.807, 2.05) is 18.3 Å². The molecule has 4 heterocycles. The van der Waals surface area contributed by atoms with Gasteiger partial charge in [-0.3, -0.25) is 9.89 Å². The molecule has 1 aromatic rings. The summed E-state index contributed by atoms with van der Waals surface area (Å²) in [4.78, 5) is 11.7. The van der Waals surface area contributed by atoms with Crippen LogP contribution in [0.2, 0.25) is 0 Å². The lowest BCUT2D eigenvalue weighted by Gasteiger charge is -2.24. The number of allylic oxidation sites excluding steroid dienone is 1. The second-order valence-corrected chi connectivity index (χ2v) is 6.78. The molecule has 1 aromatic heterocycles. The highest BCUT2D eigenvalue weighted by atomic mass is 16.2. The van der Waals surface area contributed by atoms with E-state index in [1.54, 1.807) is 30.9 Å². The van der Waals surface area contributed by atoms with Crippen molar-refractivity contribution in [3.63, 3.8) is 0 Å². The number of H-pyrrole nitrogens is 1. The molecule has 0 spiro atoms. The lowest BCUT2D eigenvalue weighted by atomic mass is 9.93. The van der Waals surface area contributed by atoms with Crippen LogP contribution >= 0.6 is 0 Å². The van der Waals surface area contributed by atoms with Crippen molar-refractivity contribution in [1.82, 2.24) is 31.3 Å². The van der Waals surface area contributed by atoms with Gasteiger partial charge in [0.05, 0.1) is 11.6 Å². The Morgan fingerprint density at radius 2 is 2.30 bits per heavy atom. The van der Waals surface area contributed by atoms with Gasteiger partial charge in [-0.15, -0.1) is 6.58 Å². The fraction of sp³-hybridized carbons (Fsp3) is 0.429. The van der Waals surface area contributed by atoms with Gasteiger partial charge in [0.1, 0.15) is 6.04 Å². The van der Waals surface area contributed by atoms with Gasteiger partial charge in [0.2, 0.25) is 5.91 Å². The monoisotopic (exact) mass is 412 g/mol. The van der Waals surface area contributed by atoms with Gasteiger partial charge in [-0.1, -0.05) is 31.9 Å². The van der Waals surface area contributed by atoms with E-state index in [4.69, 9.17) is 0 Å². The maximum Gasteiger partial charge on any atom is 0.243 e. The Bertz CT molecular complexity index is 713. The molecule has 2 unspecified atom stereocenters. The van der Waals surface area contributed by atoms with Crippen molar-refractivity contribution >= 4 is 17.8 Å². The van der Waals surface area contributed by atoms with Crippen molar-refractivity contribution < 1.29 is 4.79 Å². The van der Waals surface area contributed by atoms with E-state index in [0.29, 0.717) is 6.54 Å². The lowest BCUT2D eigenvalue weighted by Crippen LogP contribution is -2.50. The largest absolute Gasteiger partial charge is 0.379 e. The molecule has 0 fully saturated rings. The second kappa shape index (κ2) is 13.9. The van der Waals surface area contributed by atoms with Crippen LogP contribution < -0.4 is 16.1 Å². The van der Waals surface area contributed by atoms with Crippen LogP contribution in [0.15, 0.2) is 65.9 Å². The third-order valence-corrected chi connectivity index (χ3v) is 4.47. The number of nitrogens with one attached hydrogen (secondary N) is 4. The van der Waals surface area contributed by atoms with Gasteiger partial charge >= 0.3 is 0 Å². The number of fused-ring (bicyclic) bond motifs is 1. The summed E-state index contributed by atoms with van der Waals surface area (Å²) in [6, 6.07) is 1.51. The number of hydrogen-bond donors (Lipinski definition) is 4. The molecule has 3 aliphatic rings. The van der Waals surface area contributed by atoms with E-state index in [0.717, 1.165) is 12.3 Å².